The van der Waals surface area contributed by atoms with E-state index in [1.807, 2.05) is 0 Å². The van der Waals surface area contributed by atoms with E-state index in [9.17, 15) is 4.79 Å². The van der Waals surface area contributed by atoms with E-state index in [0.717, 1.165) is 25.9 Å². The van der Waals surface area contributed by atoms with Gasteiger partial charge in [0, 0.05) is 5.92 Å². The lowest BCUT2D eigenvalue weighted by atomic mass is 9.98. The second kappa shape index (κ2) is 7.10. The number of pyridine rings is 1. The molecule has 0 aromatic carbocycles. The molecule has 1 aliphatic heterocycles. The molecule has 2 aromatic rings. The largest absolute Gasteiger partial charge is 0.476 e. The molecule has 2 aromatic heterocycles. The summed E-state index contributed by atoms with van der Waals surface area (Å²) in [5.41, 5.74) is 0.445. The Balaban J connectivity index is 1.63. The minimum atomic E-state index is -1.19. The number of likely N-dealkylation sites (tertiary alicyclic amines) is 1. The average molecular weight is 327 g/mol. The van der Waals surface area contributed by atoms with Gasteiger partial charge in [0.2, 0.25) is 5.69 Å². The summed E-state index contributed by atoms with van der Waals surface area (Å²) in [6, 6.07) is 3.41. The molecule has 0 saturated carbocycles. The minimum absolute atomic E-state index is 0.102. The van der Waals surface area contributed by atoms with E-state index >= 15 is 0 Å². The molecule has 0 bridgehead atoms. The van der Waals surface area contributed by atoms with Crippen molar-refractivity contribution in [3.63, 3.8) is 0 Å². The van der Waals surface area contributed by atoms with Gasteiger partial charge in [0.05, 0.1) is 6.20 Å². The zero-order valence-electron chi connectivity index (χ0n) is 13.2. The van der Waals surface area contributed by atoms with E-state index in [1.165, 1.54) is 6.20 Å². The van der Waals surface area contributed by atoms with E-state index in [4.69, 9.17) is 9.84 Å². The molecule has 24 heavy (non-hydrogen) atoms. The number of aromatic carboxylic acids is 1. The summed E-state index contributed by atoms with van der Waals surface area (Å²) in [6.45, 7) is 2.15. The normalized spacial score (nSPS) is 15.5. The number of carboxylic acid groups (broad SMARTS) is 1. The number of rotatable bonds is 3. The van der Waals surface area contributed by atoms with Gasteiger partial charge in [-0.2, -0.15) is 0 Å². The standard InChI is InChI=1S/C16H17N5O3/c1-21-8-6-11(7-9-21)2-3-12-4-5-13(10-17-12)24-15-14(16(22)23)18-20-19-15/h4-5,10-11H,6-9H2,1H3,(H,22,23)(H,18,19,20). The van der Waals surface area contributed by atoms with Crippen molar-refractivity contribution in [3.8, 4) is 23.5 Å². The third kappa shape index (κ3) is 3.88. The van der Waals surface area contributed by atoms with Gasteiger partial charge in [-0.15, -0.1) is 0 Å². The number of ether oxygens (including phenoxy) is 1. The molecular weight excluding hydrogens is 310 g/mol. The van der Waals surface area contributed by atoms with Gasteiger partial charge >= 0.3 is 5.97 Å². The maximum absolute atomic E-state index is 11.0. The first-order valence-corrected chi connectivity index (χ1v) is 7.60. The van der Waals surface area contributed by atoms with Crippen LogP contribution in [-0.2, 0) is 0 Å². The number of hydrogen-bond donors (Lipinski definition) is 2. The molecule has 8 heteroatoms. The van der Waals surface area contributed by atoms with E-state index in [0.29, 0.717) is 17.4 Å². The molecule has 1 saturated heterocycles. The summed E-state index contributed by atoms with van der Waals surface area (Å²) >= 11 is 0. The van der Waals surface area contributed by atoms with Crippen LogP contribution in [0.4, 0.5) is 0 Å². The van der Waals surface area contributed by atoms with E-state index in [1.54, 1.807) is 12.1 Å². The maximum atomic E-state index is 11.0. The highest BCUT2D eigenvalue weighted by Crippen LogP contribution is 2.21. The third-order valence-corrected chi connectivity index (χ3v) is 3.80. The molecule has 0 atom stereocenters. The Morgan fingerprint density at radius 2 is 2.21 bits per heavy atom. The Bertz CT molecular complexity index is 767. The fraction of sp³-hybridized carbons (Fsp3) is 0.375. The van der Waals surface area contributed by atoms with Gasteiger partial charge in [-0.1, -0.05) is 16.2 Å². The van der Waals surface area contributed by atoms with Crippen LogP contribution in [0.2, 0.25) is 0 Å². The van der Waals surface area contributed by atoms with Crippen molar-refractivity contribution in [2.75, 3.05) is 20.1 Å². The molecule has 3 heterocycles. The number of aromatic nitrogens is 4. The van der Waals surface area contributed by atoms with Crippen LogP contribution in [0.3, 0.4) is 0 Å². The van der Waals surface area contributed by atoms with E-state index in [2.05, 4.69) is 44.2 Å². The lowest BCUT2D eigenvalue weighted by Crippen LogP contribution is -2.29. The van der Waals surface area contributed by atoms with Crippen LogP contribution < -0.4 is 4.74 Å². The number of aromatic amines is 1. The average Bonchev–Trinajstić information content (AvgIpc) is 3.04. The molecule has 1 fully saturated rings. The minimum Gasteiger partial charge on any atom is -0.476 e. The number of piperidine rings is 1. The van der Waals surface area contributed by atoms with Crippen molar-refractivity contribution in [1.82, 2.24) is 25.3 Å². The number of carboxylic acids is 1. The Hall–Kier alpha value is -2.92. The fourth-order valence-corrected chi connectivity index (χ4v) is 2.38. The van der Waals surface area contributed by atoms with Crippen molar-refractivity contribution in [2.45, 2.75) is 12.8 Å². The molecule has 0 spiro atoms. The van der Waals surface area contributed by atoms with Crippen molar-refractivity contribution >= 4 is 5.97 Å². The summed E-state index contributed by atoms with van der Waals surface area (Å²) in [5, 5.41) is 18.2. The summed E-state index contributed by atoms with van der Waals surface area (Å²) in [4.78, 5) is 17.5. The molecule has 0 radical (unpaired) electrons. The van der Waals surface area contributed by atoms with Crippen LogP contribution >= 0.6 is 0 Å². The van der Waals surface area contributed by atoms with Crippen LogP contribution in [-0.4, -0.2) is 56.5 Å². The van der Waals surface area contributed by atoms with Gasteiger partial charge in [0.1, 0.15) is 11.4 Å². The fourth-order valence-electron chi connectivity index (χ4n) is 2.38. The van der Waals surface area contributed by atoms with E-state index in [-0.39, 0.29) is 11.6 Å². The molecule has 124 valence electrons. The topological polar surface area (TPSA) is 104 Å². The van der Waals surface area contributed by atoms with Crippen LogP contribution in [0.1, 0.15) is 29.0 Å². The summed E-state index contributed by atoms with van der Waals surface area (Å²) < 4.78 is 5.37. The van der Waals surface area contributed by atoms with Crippen LogP contribution in [0.25, 0.3) is 0 Å². The third-order valence-electron chi connectivity index (χ3n) is 3.80. The zero-order chi connectivity index (χ0) is 16.9. The molecule has 2 N–H and O–H groups in total. The summed E-state index contributed by atoms with van der Waals surface area (Å²) in [7, 11) is 2.12. The highest BCUT2D eigenvalue weighted by molar-refractivity contribution is 5.87. The lowest BCUT2D eigenvalue weighted by Gasteiger charge is -2.25. The van der Waals surface area contributed by atoms with Gasteiger partial charge < -0.3 is 14.7 Å². The molecule has 1 aliphatic rings. The highest BCUT2D eigenvalue weighted by atomic mass is 16.5. The lowest BCUT2D eigenvalue weighted by molar-refractivity contribution is 0.0687. The van der Waals surface area contributed by atoms with Crippen LogP contribution in [0.5, 0.6) is 11.6 Å². The van der Waals surface area contributed by atoms with Crippen molar-refractivity contribution in [1.29, 1.82) is 0 Å². The van der Waals surface area contributed by atoms with Gasteiger partial charge in [0.25, 0.3) is 5.88 Å². The Labute approximate surface area is 138 Å². The molecule has 0 aliphatic carbocycles. The monoisotopic (exact) mass is 327 g/mol. The molecule has 0 amide bonds. The SMILES string of the molecule is CN1CCC(C#Cc2ccc(Oc3nn[nH]c3C(=O)O)cn2)CC1. The van der Waals surface area contributed by atoms with Gasteiger partial charge in [-0.05, 0) is 51.0 Å². The van der Waals surface area contributed by atoms with Crippen LogP contribution in [0, 0.1) is 17.8 Å². The van der Waals surface area contributed by atoms with Crippen molar-refractivity contribution in [3.05, 3.63) is 29.7 Å². The van der Waals surface area contributed by atoms with E-state index < -0.39 is 5.97 Å². The Morgan fingerprint density at radius 3 is 2.88 bits per heavy atom. The highest BCUT2D eigenvalue weighted by Gasteiger charge is 2.16. The molecule has 8 nitrogen and oxygen atoms in total. The number of nitrogens with zero attached hydrogens (tertiary/aromatic N) is 4. The Kier molecular flexibility index (Phi) is 4.72. The Morgan fingerprint density at radius 1 is 1.42 bits per heavy atom. The zero-order valence-corrected chi connectivity index (χ0v) is 13.2. The number of hydrogen-bond acceptors (Lipinski definition) is 6. The maximum Gasteiger partial charge on any atom is 0.359 e. The first-order chi connectivity index (χ1) is 11.6. The smallest absolute Gasteiger partial charge is 0.359 e. The van der Waals surface area contributed by atoms with Crippen LogP contribution in [0.15, 0.2) is 18.3 Å². The van der Waals surface area contributed by atoms with Gasteiger partial charge in [-0.25, -0.2) is 14.9 Å². The summed E-state index contributed by atoms with van der Waals surface area (Å²) in [6.07, 6.45) is 3.64. The number of H-pyrrole nitrogens is 1. The van der Waals surface area contributed by atoms with Gasteiger partial charge in [-0.3, -0.25) is 0 Å². The number of carbonyl (C=O) groups is 1. The molecule has 3 rings (SSSR count). The predicted octanol–water partition coefficient (Wildman–Crippen LogP) is 1.38. The van der Waals surface area contributed by atoms with Crippen molar-refractivity contribution in [2.24, 2.45) is 5.92 Å². The first kappa shape index (κ1) is 16.0. The molecule has 0 unspecified atom stereocenters. The van der Waals surface area contributed by atoms with Crippen molar-refractivity contribution < 1.29 is 14.6 Å². The van der Waals surface area contributed by atoms with Gasteiger partial charge in [0.15, 0.2) is 0 Å². The predicted molar refractivity (Wildman–Crippen MR) is 84.8 cm³/mol. The molecular formula is C16H17N5O3. The first-order valence-electron chi connectivity index (χ1n) is 7.60. The number of nitrogens with one attached hydrogen (secondary N) is 1. The quantitative estimate of drug-likeness (QED) is 0.821. The second-order valence-corrected chi connectivity index (χ2v) is 5.63. The second-order valence-electron chi connectivity index (χ2n) is 5.63. The summed E-state index contributed by atoms with van der Waals surface area (Å²) in [5.74, 6) is 5.83.